The number of anilines is 1. The van der Waals surface area contributed by atoms with Crippen molar-refractivity contribution in [2.45, 2.75) is 6.54 Å². The van der Waals surface area contributed by atoms with Gasteiger partial charge in [-0.15, -0.1) is 0 Å². The number of carboxylic acid groups (broad SMARTS) is 1. The summed E-state index contributed by atoms with van der Waals surface area (Å²) >= 11 is 0. The lowest BCUT2D eigenvalue weighted by Crippen LogP contribution is -2.28. The van der Waals surface area contributed by atoms with Crippen molar-refractivity contribution in [1.29, 1.82) is 0 Å². The van der Waals surface area contributed by atoms with Gasteiger partial charge in [0, 0.05) is 18.9 Å². The van der Waals surface area contributed by atoms with Crippen LogP contribution in [0.4, 0.5) is 10.5 Å². The molecule has 0 radical (unpaired) electrons. The summed E-state index contributed by atoms with van der Waals surface area (Å²) in [6, 6.07) is 6.70. The van der Waals surface area contributed by atoms with Gasteiger partial charge >= 0.3 is 12.0 Å². The molecule has 0 unspecified atom stereocenters. The molecule has 0 spiro atoms. The zero-order chi connectivity index (χ0) is 15.2. The second-order valence-corrected chi connectivity index (χ2v) is 4.20. The SMILES string of the molecule is O=C(NCc1ccncc1)Nc1ccc(C(=O)O)cc1O. The number of carboxylic acids is 1. The van der Waals surface area contributed by atoms with Crippen molar-refractivity contribution in [3.63, 3.8) is 0 Å². The number of phenols is 1. The van der Waals surface area contributed by atoms with Crippen LogP contribution in [0, 0.1) is 0 Å². The van der Waals surface area contributed by atoms with Gasteiger partial charge < -0.3 is 20.8 Å². The molecule has 0 aliphatic heterocycles. The highest BCUT2D eigenvalue weighted by Crippen LogP contribution is 2.24. The minimum absolute atomic E-state index is 0.0600. The average Bonchev–Trinajstić information content (AvgIpc) is 2.48. The normalized spacial score (nSPS) is 9.90. The molecule has 1 aromatic carbocycles. The Morgan fingerprint density at radius 3 is 2.48 bits per heavy atom. The van der Waals surface area contributed by atoms with E-state index in [9.17, 15) is 14.7 Å². The number of aromatic carboxylic acids is 1. The summed E-state index contributed by atoms with van der Waals surface area (Å²) in [7, 11) is 0. The number of urea groups is 1. The number of carbonyl (C=O) groups is 2. The number of aromatic hydroxyl groups is 1. The molecule has 2 rings (SSSR count). The third-order valence-corrected chi connectivity index (χ3v) is 2.70. The summed E-state index contributed by atoms with van der Waals surface area (Å²) in [6.07, 6.45) is 3.23. The summed E-state index contributed by atoms with van der Waals surface area (Å²) in [5.74, 6) is -1.46. The molecule has 7 nitrogen and oxygen atoms in total. The maximum atomic E-state index is 11.7. The second kappa shape index (κ2) is 6.38. The van der Waals surface area contributed by atoms with Crippen LogP contribution in [-0.4, -0.2) is 27.2 Å². The van der Waals surface area contributed by atoms with Gasteiger partial charge in [-0.25, -0.2) is 9.59 Å². The van der Waals surface area contributed by atoms with Gasteiger partial charge in [0.05, 0.1) is 11.3 Å². The lowest BCUT2D eigenvalue weighted by atomic mass is 10.2. The molecule has 108 valence electrons. The van der Waals surface area contributed by atoms with Gasteiger partial charge in [-0.3, -0.25) is 4.98 Å². The van der Waals surface area contributed by atoms with E-state index in [1.165, 1.54) is 12.1 Å². The van der Waals surface area contributed by atoms with Crippen molar-refractivity contribution >= 4 is 17.7 Å². The van der Waals surface area contributed by atoms with E-state index in [1.54, 1.807) is 24.5 Å². The Kier molecular flexibility index (Phi) is 4.35. The highest BCUT2D eigenvalue weighted by molar-refractivity contribution is 5.93. The first-order chi connectivity index (χ1) is 10.1. The summed E-state index contributed by atoms with van der Waals surface area (Å²) in [5, 5.41) is 23.5. The third-order valence-electron chi connectivity index (χ3n) is 2.70. The van der Waals surface area contributed by atoms with Crippen LogP contribution in [-0.2, 0) is 6.54 Å². The van der Waals surface area contributed by atoms with Gasteiger partial charge in [-0.05, 0) is 35.9 Å². The highest BCUT2D eigenvalue weighted by atomic mass is 16.4. The Balaban J connectivity index is 1.95. The molecule has 0 fully saturated rings. The lowest BCUT2D eigenvalue weighted by molar-refractivity contribution is 0.0696. The van der Waals surface area contributed by atoms with Crippen molar-refractivity contribution < 1.29 is 19.8 Å². The minimum atomic E-state index is -1.15. The van der Waals surface area contributed by atoms with E-state index in [4.69, 9.17) is 5.11 Å². The number of benzene rings is 1. The largest absolute Gasteiger partial charge is 0.506 e. The number of nitrogens with zero attached hydrogens (tertiary/aromatic N) is 1. The van der Waals surface area contributed by atoms with Crippen LogP contribution in [0.3, 0.4) is 0 Å². The minimum Gasteiger partial charge on any atom is -0.506 e. The summed E-state index contributed by atoms with van der Waals surface area (Å²) in [5.41, 5.74) is 0.952. The molecule has 0 aliphatic carbocycles. The molecule has 2 aromatic rings. The predicted molar refractivity (Wildman–Crippen MR) is 75.2 cm³/mol. The topological polar surface area (TPSA) is 112 Å². The van der Waals surface area contributed by atoms with Gasteiger partial charge in [-0.1, -0.05) is 0 Å². The number of rotatable bonds is 4. The van der Waals surface area contributed by atoms with E-state index in [1.807, 2.05) is 0 Å². The third kappa shape index (κ3) is 3.93. The standard InChI is InChI=1S/C14H13N3O4/c18-12-7-10(13(19)20)1-2-11(12)17-14(21)16-8-9-3-5-15-6-4-9/h1-7,18H,8H2,(H,19,20)(H2,16,17,21). The first-order valence-electron chi connectivity index (χ1n) is 6.06. The molecule has 0 atom stereocenters. The average molecular weight is 287 g/mol. The second-order valence-electron chi connectivity index (χ2n) is 4.20. The number of hydrogen-bond acceptors (Lipinski definition) is 4. The molecule has 4 N–H and O–H groups in total. The molecule has 2 amide bonds. The number of nitrogens with one attached hydrogen (secondary N) is 2. The van der Waals surface area contributed by atoms with Crippen LogP contribution in [0.15, 0.2) is 42.7 Å². The number of aromatic nitrogens is 1. The highest BCUT2D eigenvalue weighted by Gasteiger charge is 2.09. The van der Waals surface area contributed by atoms with E-state index in [-0.39, 0.29) is 17.0 Å². The molecule has 0 bridgehead atoms. The van der Waals surface area contributed by atoms with Crippen molar-refractivity contribution in [3.05, 3.63) is 53.9 Å². The first kappa shape index (κ1) is 14.3. The molecule has 0 saturated carbocycles. The van der Waals surface area contributed by atoms with Gasteiger partial charge in [0.15, 0.2) is 0 Å². The zero-order valence-corrected chi connectivity index (χ0v) is 10.9. The number of amides is 2. The van der Waals surface area contributed by atoms with Gasteiger partial charge in [-0.2, -0.15) is 0 Å². The monoisotopic (exact) mass is 287 g/mol. The molecule has 0 aliphatic rings. The molecule has 1 heterocycles. The van der Waals surface area contributed by atoms with Gasteiger partial charge in [0.25, 0.3) is 0 Å². The van der Waals surface area contributed by atoms with Crippen LogP contribution < -0.4 is 10.6 Å². The fourth-order valence-corrected chi connectivity index (χ4v) is 1.62. The summed E-state index contributed by atoms with van der Waals surface area (Å²) < 4.78 is 0. The van der Waals surface area contributed by atoms with Crippen molar-refractivity contribution in [1.82, 2.24) is 10.3 Å². The Hall–Kier alpha value is -3.09. The molecule has 0 saturated heterocycles. The van der Waals surface area contributed by atoms with E-state index in [2.05, 4.69) is 15.6 Å². The first-order valence-corrected chi connectivity index (χ1v) is 6.06. The number of carbonyl (C=O) groups excluding carboxylic acids is 1. The number of pyridine rings is 1. The molecular weight excluding hydrogens is 274 g/mol. The molecular formula is C14H13N3O4. The number of phenolic OH excluding ortho intramolecular Hbond substituents is 1. The molecule has 7 heteroatoms. The Morgan fingerprint density at radius 2 is 1.86 bits per heavy atom. The van der Waals surface area contributed by atoms with E-state index < -0.39 is 12.0 Å². The molecule has 21 heavy (non-hydrogen) atoms. The van der Waals surface area contributed by atoms with E-state index in [0.717, 1.165) is 11.6 Å². The lowest BCUT2D eigenvalue weighted by Gasteiger charge is -2.09. The van der Waals surface area contributed by atoms with Crippen LogP contribution >= 0.6 is 0 Å². The van der Waals surface area contributed by atoms with Crippen LogP contribution in [0.1, 0.15) is 15.9 Å². The fourth-order valence-electron chi connectivity index (χ4n) is 1.62. The maximum absolute atomic E-state index is 11.7. The van der Waals surface area contributed by atoms with E-state index >= 15 is 0 Å². The Bertz CT molecular complexity index is 659. The smallest absolute Gasteiger partial charge is 0.335 e. The quantitative estimate of drug-likeness (QED) is 0.641. The van der Waals surface area contributed by atoms with E-state index in [0.29, 0.717) is 6.54 Å². The van der Waals surface area contributed by atoms with Crippen molar-refractivity contribution in [2.75, 3.05) is 5.32 Å². The van der Waals surface area contributed by atoms with Crippen LogP contribution in [0.25, 0.3) is 0 Å². The van der Waals surface area contributed by atoms with Gasteiger partial charge in [0.1, 0.15) is 5.75 Å². The van der Waals surface area contributed by atoms with Crippen molar-refractivity contribution in [3.8, 4) is 5.75 Å². The molecule has 1 aromatic heterocycles. The zero-order valence-electron chi connectivity index (χ0n) is 10.9. The summed E-state index contributed by atoms with van der Waals surface area (Å²) in [6.45, 7) is 0.308. The Labute approximate surface area is 120 Å². The maximum Gasteiger partial charge on any atom is 0.335 e. The Morgan fingerprint density at radius 1 is 1.14 bits per heavy atom. The van der Waals surface area contributed by atoms with Crippen LogP contribution in [0.5, 0.6) is 5.75 Å². The summed E-state index contributed by atoms with van der Waals surface area (Å²) in [4.78, 5) is 26.3. The van der Waals surface area contributed by atoms with Gasteiger partial charge in [0.2, 0.25) is 0 Å². The number of hydrogen-bond donors (Lipinski definition) is 4. The fraction of sp³-hybridized carbons (Fsp3) is 0.0714. The predicted octanol–water partition coefficient (Wildman–Crippen LogP) is 1.81. The van der Waals surface area contributed by atoms with Crippen LogP contribution in [0.2, 0.25) is 0 Å². The van der Waals surface area contributed by atoms with Crippen molar-refractivity contribution in [2.24, 2.45) is 0 Å².